The van der Waals surface area contributed by atoms with Crippen molar-refractivity contribution >= 4 is 15.9 Å². The van der Waals surface area contributed by atoms with E-state index in [1.54, 1.807) is 0 Å². The molecule has 0 aromatic heterocycles. The van der Waals surface area contributed by atoms with Gasteiger partial charge in [0.15, 0.2) is 11.6 Å². The fraction of sp³-hybridized carbons (Fsp3) is 0.143. The summed E-state index contributed by atoms with van der Waals surface area (Å²) >= 11 is 2.84. The summed E-state index contributed by atoms with van der Waals surface area (Å²) in [6, 6.07) is 2.34. The van der Waals surface area contributed by atoms with Gasteiger partial charge in [-0.05, 0) is 33.6 Å². The first-order valence-corrected chi connectivity index (χ1v) is 3.67. The molecule has 1 nitrogen and oxygen atoms in total. The molecule has 0 unspecified atom stereocenters. The maximum absolute atomic E-state index is 12.6. The van der Waals surface area contributed by atoms with Crippen LogP contribution < -0.4 is 0 Å². The van der Waals surface area contributed by atoms with Gasteiger partial charge in [-0.2, -0.15) is 0 Å². The van der Waals surface area contributed by atoms with Crippen LogP contribution in [0, 0.1) is 5.82 Å². The predicted octanol–water partition coefficient (Wildman–Crippen LogP) is 2.76. The zero-order valence-electron chi connectivity index (χ0n) is 5.44. The molecular formula is C7H5BrF2O. The van der Waals surface area contributed by atoms with Crippen molar-refractivity contribution in [2.75, 3.05) is 0 Å². The van der Waals surface area contributed by atoms with Gasteiger partial charge in [0, 0.05) is 0 Å². The predicted molar refractivity (Wildman–Crippen MR) is 40.6 cm³/mol. The number of rotatable bonds is 1. The molecule has 0 amide bonds. The van der Waals surface area contributed by atoms with Crippen LogP contribution in [0.4, 0.5) is 8.78 Å². The maximum atomic E-state index is 12.6. The number of halogens is 3. The second-order valence-corrected chi connectivity index (χ2v) is 2.90. The van der Waals surface area contributed by atoms with E-state index in [9.17, 15) is 8.78 Å². The first-order valence-electron chi connectivity index (χ1n) is 2.88. The van der Waals surface area contributed by atoms with Crippen LogP contribution in [0.15, 0.2) is 16.6 Å². The first-order chi connectivity index (χ1) is 5.15. The SMILES string of the molecule is Oc1cc(CF)cc(Br)c1F. The molecular weight excluding hydrogens is 218 g/mol. The van der Waals surface area contributed by atoms with Gasteiger partial charge in [0.05, 0.1) is 4.47 Å². The third kappa shape index (κ3) is 1.68. The Kier molecular flexibility index (Phi) is 2.44. The summed E-state index contributed by atoms with van der Waals surface area (Å²) in [4.78, 5) is 0. The highest BCUT2D eigenvalue weighted by molar-refractivity contribution is 9.10. The first kappa shape index (κ1) is 8.46. The van der Waals surface area contributed by atoms with E-state index in [4.69, 9.17) is 5.11 Å². The summed E-state index contributed by atoms with van der Waals surface area (Å²) in [7, 11) is 0. The lowest BCUT2D eigenvalue weighted by Gasteiger charge is -2.00. The van der Waals surface area contributed by atoms with Gasteiger partial charge in [0.2, 0.25) is 0 Å². The van der Waals surface area contributed by atoms with Crippen LogP contribution in [-0.2, 0) is 6.67 Å². The Morgan fingerprint density at radius 2 is 2.09 bits per heavy atom. The Morgan fingerprint density at radius 1 is 1.45 bits per heavy atom. The summed E-state index contributed by atoms with van der Waals surface area (Å²) in [6.07, 6.45) is 0. The number of phenols is 1. The van der Waals surface area contributed by atoms with Gasteiger partial charge < -0.3 is 5.11 Å². The van der Waals surface area contributed by atoms with E-state index in [0.29, 0.717) is 0 Å². The Morgan fingerprint density at radius 3 is 2.55 bits per heavy atom. The lowest BCUT2D eigenvalue weighted by Crippen LogP contribution is -1.83. The molecule has 11 heavy (non-hydrogen) atoms. The highest BCUT2D eigenvalue weighted by Crippen LogP contribution is 2.26. The minimum Gasteiger partial charge on any atom is -0.505 e. The minimum absolute atomic E-state index is 0.0742. The van der Waals surface area contributed by atoms with Gasteiger partial charge >= 0.3 is 0 Å². The van der Waals surface area contributed by atoms with Crippen molar-refractivity contribution in [1.29, 1.82) is 0 Å². The Labute approximate surface area is 70.8 Å². The van der Waals surface area contributed by atoms with E-state index in [1.165, 1.54) is 6.07 Å². The van der Waals surface area contributed by atoms with Gasteiger partial charge in [-0.15, -0.1) is 0 Å². The topological polar surface area (TPSA) is 20.2 Å². The van der Waals surface area contributed by atoms with Gasteiger partial charge in [0.1, 0.15) is 6.67 Å². The molecule has 0 saturated heterocycles. The molecule has 0 fully saturated rings. The Bertz CT molecular complexity index is 252. The average molecular weight is 223 g/mol. The third-order valence-electron chi connectivity index (χ3n) is 1.22. The molecule has 0 aliphatic rings. The number of phenolic OH excluding ortho intramolecular Hbond substituents is 1. The van der Waals surface area contributed by atoms with Gasteiger partial charge in [-0.1, -0.05) is 0 Å². The van der Waals surface area contributed by atoms with Crippen molar-refractivity contribution in [2.24, 2.45) is 0 Å². The summed E-state index contributed by atoms with van der Waals surface area (Å²) in [5.74, 6) is -1.30. The van der Waals surface area contributed by atoms with Crippen LogP contribution in [0.2, 0.25) is 0 Å². The summed E-state index contributed by atoms with van der Waals surface area (Å²) in [6.45, 7) is -0.716. The highest BCUT2D eigenvalue weighted by atomic mass is 79.9. The number of alkyl halides is 1. The van der Waals surface area contributed by atoms with Crippen molar-refractivity contribution in [1.82, 2.24) is 0 Å². The lowest BCUT2D eigenvalue weighted by molar-refractivity contribution is 0.425. The fourth-order valence-electron chi connectivity index (χ4n) is 0.706. The van der Waals surface area contributed by atoms with E-state index in [-0.39, 0.29) is 10.0 Å². The second kappa shape index (κ2) is 3.17. The monoisotopic (exact) mass is 222 g/mol. The largest absolute Gasteiger partial charge is 0.505 e. The maximum Gasteiger partial charge on any atom is 0.178 e. The number of aromatic hydroxyl groups is 1. The number of hydrogen-bond acceptors (Lipinski definition) is 1. The summed E-state index contributed by atoms with van der Waals surface area (Å²) in [5.41, 5.74) is 0.246. The molecule has 0 radical (unpaired) electrons. The zero-order chi connectivity index (χ0) is 8.43. The average Bonchev–Trinajstić information content (AvgIpc) is 1.99. The molecule has 1 N–H and O–H groups in total. The molecule has 0 aliphatic heterocycles. The molecule has 0 atom stereocenters. The van der Waals surface area contributed by atoms with Crippen molar-refractivity contribution < 1.29 is 13.9 Å². The molecule has 1 aromatic rings. The zero-order valence-corrected chi connectivity index (χ0v) is 7.03. The van der Waals surface area contributed by atoms with Gasteiger partial charge in [-0.25, -0.2) is 8.78 Å². The van der Waals surface area contributed by atoms with E-state index >= 15 is 0 Å². The lowest BCUT2D eigenvalue weighted by atomic mass is 10.2. The van der Waals surface area contributed by atoms with Crippen molar-refractivity contribution in [2.45, 2.75) is 6.67 Å². The molecule has 0 bridgehead atoms. The van der Waals surface area contributed by atoms with Gasteiger partial charge in [-0.3, -0.25) is 0 Å². The highest BCUT2D eigenvalue weighted by Gasteiger charge is 2.06. The van der Waals surface area contributed by atoms with Crippen LogP contribution in [0.3, 0.4) is 0 Å². The van der Waals surface area contributed by atoms with Crippen molar-refractivity contribution in [3.05, 3.63) is 28.0 Å². The third-order valence-corrected chi connectivity index (χ3v) is 1.80. The second-order valence-electron chi connectivity index (χ2n) is 2.04. The van der Waals surface area contributed by atoms with Crippen molar-refractivity contribution in [3.8, 4) is 5.75 Å². The van der Waals surface area contributed by atoms with Gasteiger partial charge in [0.25, 0.3) is 0 Å². The molecule has 4 heteroatoms. The van der Waals surface area contributed by atoms with Crippen LogP contribution in [0.5, 0.6) is 5.75 Å². The van der Waals surface area contributed by atoms with Crippen LogP contribution >= 0.6 is 15.9 Å². The standard InChI is InChI=1S/C7H5BrF2O/c8-5-1-4(3-9)2-6(11)7(5)10/h1-2,11H,3H2. The minimum atomic E-state index is -0.762. The van der Waals surface area contributed by atoms with Crippen LogP contribution in [0.1, 0.15) is 5.56 Å². The number of hydrogen-bond donors (Lipinski definition) is 1. The van der Waals surface area contributed by atoms with E-state index in [2.05, 4.69) is 15.9 Å². The molecule has 1 aromatic carbocycles. The quantitative estimate of drug-likeness (QED) is 0.775. The fourth-order valence-corrected chi connectivity index (χ4v) is 1.20. The van der Waals surface area contributed by atoms with E-state index < -0.39 is 18.2 Å². The van der Waals surface area contributed by atoms with Crippen LogP contribution in [-0.4, -0.2) is 5.11 Å². The van der Waals surface area contributed by atoms with Crippen LogP contribution in [0.25, 0.3) is 0 Å². The number of benzene rings is 1. The smallest absolute Gasteiger partial charge is 0.178 e. The van der Waals surface area contributed by atoms with E-state index in [0.717, 1.165) is 6.07 Å². The Balaban J connectivity index is 3.21. The summed E-state index contributed by atoms with van der Waals surface area (Å²) < 4.78 is 24.7. The normalized spacial score (nSPS) is 10.1. The van der Waals surface area contributed by atoms with E-state index in [1.807, 2.05) is 0 Å². The Hall–Kier alpha value is -0.640. The molecule has 1 rings (SSSR count). The molecule has 60 valence electrons. The molecule has 0 aliphatic carbocycles. The van der Waals surface area contributed by atoms with Crippen molar-refractivity contribution in [3.63, 3.8) is 0 Å². The summed E-state index contributed by atoms with van der Waals surface area (Å²) in [5, 5.41) is 8.84. The molecule has 0 heterocycles. The molecule has 0 saturated carbocycles. The molecule has 0 spiro atoms.